The number of benzene rings is 2. The first-order valence-corrected chi connectivity index (χ1v) is 7.94. The summed E-state index contributed by atoms with van der Waals surface area (Å²) in [6.07, 6.45) is 2.61. The highest BCUT2D eigenvalue weighted by Gasteiger charge is 2.11. The maximum atomic E-state index is 13.9. The van der Waals surface area contributed by atoms with Crippen LogP contribution in [0.1, 0.15) is 16.7 Å². The lowest BCUT2D eigenvalue weighted by Gasteiger charge is -2.07. The smallest absolute Gasteiger partial charge is 0.132 e. The van der Waals surface area contributed by atoms with Gasteiger partial charge in [-0.3, -0.25) is 5.10 Å². The number of hydrogen-bond donors (Lipinski definition) is 3. The van der Waals surface area contributed by atoms with Crippen molar-refractivity contribution in [1.82, 2.24) is 15.5 Å². The minimum Gasteiger partial charge on any atom is -0.392 e. The van der Waals surface area contributed by atoms with Gasteiger partial charge in [0.1, 0.15) is 5.82 Å². The van der Waals surface area contributed by atoms with Gasteiger partial charge in [-0.1, -0.05) is 36.4 Å². The highest BCUT2D eigenvalue weighted by atomic mass is 19.1. The van der Waals surface area contributed by atoms with Gasteiger partial charge in [0.15, 0.2) is 0 Å². The van der Waals surface area contributed by atoms with Gasteiger partial charge in [0, 0.05) is 17.7 Å². The number of hydrogen-bond acceptors (Lipinski definition) is 3. The molecule has 3 aromatic rings. The molecule has 3 N–H and O–H groups in total. The molecule has 24 heavy (non-hydrogen) atoms. The predicted octanol–water partition coefficient (Wildman–Crippen LogP) is 3.04. The molecule has 4 nitrogen and oxygen atoms in total. The minimum atomic E-state index is -0.257. The van der Waals surface area contributed by atoms with Crippen molar-refractivity contribution in [2.45, 2.75) is 19.6 Å². The molecule has 0 aliphatic carbocycles. The second-order valence-corrected chi connectivity index (χ2v) is 5.65. The Morgan fingerprint density at radius 1 is 1.04 bits per heavy atom. The number of aliphatic hydroxyl groups is 1. The fourth-order valence-electron chi connectivity index (χ4n) is 2.61. The Morgan fingerprint density at radius 2 is 1.79 bits per heavy atom. The molecule has 3 rings (SSSR count). The van der Waals surface area contributed by atoms with Crippen LogP contribution in [-0.2, 0) is 19.6 Å². The van der Waals surface area contributed by atoms with Crippen LogP contribution in [-0.4, -0.2) is 21.8 Å². The van der Waals surface area contributed by atoms with Gasteiger partial charge in [-0.05, 0) is 36.2 Å². The summed E-state index contributed by atoms with van der Waals surface area (Å²) < 4.78 is 13.9. The van der Waals surface area contributed by atoms with Crippen molar-refractivity contribution in [3.8, 4) is 11.3 Å². The monoisotopic (exact) mass is 325 g/mol. The average molecular weight is 325 g/mol. The zero-order valence-electron chi connectivity index (χ0n) is 13.3. The van der Waals surface area contributed by atoms with E-state index in [4.69, 9.17) is 5.11 Å². The summed E-state index contributed by atoms with van der Waals surface area (Å²) in [5, 5.41) is 19.3. The first-order valence-electron chi connectivity index (χ1n) is 7.94. The molecule has 0 spiro atoms. The lowest BCUT2D eigenvalue weighted by atomic mass is 10.1. The third-order valence-corrected chi connectivity index (χ3v) is 3.97. The van der Waals surface area contributed by atoms with Crippen LogP contribution in [0.5, 0.6) is 0 Å². The van der Waals surface area contributed by atoms with Gasteiger partial charge < -0.3 is 10.4 Å². The van der Waals surface area contributed by atoms with E-state index in [-0.39, 0.29) is 12.4 Å². The number of rotatable bonds is 7. The summed E-state index contributed by atoms with van der Waals surface area (Å²) >= 11 is 0. The molecule has 0 saturated heterocycles. The van der Waals surface area contributed by atoms with Crippen molar-refractivity contribution in [1.29, 1.82) is 0 Å². The first kappa shape index (κ1) is 16.4. The highest BCUT2D eigenvalue weighted by molar-refractivity contribution is 5.63. The van der Waals surface area contributed by atoms with Gasteiger partial charge in [0.05, 0.1) is 18.5 Å². The second kappa shape index (κ2) is 7.86. The quantitative estimate of drug-likeness (QED) is 0.585. The Labute approximate surface area is 140 Å². The molecule has 0 unspecified atom stereocenters. The molecule has 0 amide bonds. The van der Waals surface area contributed by atoms with Crippen LogP contribution >= 0.6 is 0 Å². The molecule has 0 aliphatic rings. The molecule has 0 aliphatic heterocycles. The SMILES string of the molecule is OCc1ccc(CCNCc2cn[nH]c2-c2ccccc2F)cc1. The van der Waals surface area contributed by atoms with Crippen LogP contribution in [0.15, 0.2) is 54.7 Å². The first-order chi connectivity index (χ1) is 11.8. The fraction of sp³-hybridized carbons (Fsp3) is 0.211. The average Bonchev–Trinajstić information content (AvgIpc) is 3.08. The number of aliphatic hydroxyl groups excluding tert-OH is 1. The number of nitrogens with one attached hydrogen (secondary N) is 2. The fourth-order valence-corrected chi connectivity index (χ4v) is 2.61. The van der Waals surface area contributed by atoms with Gasteiger partial charge in [-0.25, -0.2) is 4.39 Å². The van der Waals surface area contributed by atoms with E-state index in [1.165, 1.54) is 11.6 Å². The maximum Gasteiger partial charge on any atom is 0.132 e. The predicted molar refractivity (Wildman–Crippen MR) is 91.8 cm³/mol. The van der Waals surface area contributed by atoms with Crippen LogP contribution in [0.3, 0.4) is 0 Å². The van der Waals surface area contributed by atoms with Gasteiger partial charge in [-0.2, -0.15) is 5.10 Å². The number of halogens is 1. The van der Waals surface area contributed by atoms with Crippen molar-refractivity contribution in [3.05, 3.63) is 77.2 Å². The van der Waals surface area contributed by atoms with Crippen molar-refractivity contribution in [2.75, 3.05) is 6.54 Å². The molecule has 1 aromatic heterocycles. The third-order valence-electron chi connectivity index (χ3n) is 3.97. The van der Waals surface area contributed by atoms with E-state index < -0.39 is 0 Å². The molecule has 0 radical (unpaired) electrons. The van der Waals surface area contributed by atoms with Crippen molar-refractivity contribution >= 4 is 0 Å². The maximum absolute atomic E-state index is 13.9. The molecule has 1 heterocycles. The summed E-state index contributed by atoms with van der Waals surface area (Å²) in [7, 11) is 0. The number of aromatic amines is 1. The zero-order valence-corrected chi connectivity index (χ0v) is 13.3. The molecule has 0 atom stereocenters. The van der Waals surface area contributed by atoms with Gasteiger partial charge in [0.2, 0.25) is 0 Å². The van der Waals surface area contributed by atoms with Crippen LogP contribution in [0.2, 0.25) is 0 Å². The largest absolute Gasteiger partial charge is 0.392 e. The molecular weight excluding hydrogens is 305 g/mol. The second-order valence-electron chi connectivity index (χ2n) is 5.65. The van der Waals surface area contributed by atoms with Crippen LogP contribution in [0.25, 0.3) is 11.3 Å². The summed E-state index contributed by atoms with van der Waals surface area (Å²) in [5.74, 6) is -0.257. The van der Waals surface area contributed by atoms with Crippen molar-refractivity contribution < 1.29 is 9.50 Å². The Kier molecular flexibility index (Phi) is 5.36. The lowest BCUT2D eigenvalue weighted by molar-refractivity contribution is 0.282. The molecule has 0 fully saturated rings. The summed E-state index contributed by atoms with van der Waals surface area (Å²) in [6, 6.07) is 14.6. The highest BCUT2D eigenvalue weighted by Crippen LogP contribution is 2.23. The van der Waals surface area contributed by atoms with E-state index >= 15 is 0 Å². The standard InChI is InChI=1S/C19H20FN3O/c20-18-4-2-1-3-17(18)19-16(12-22-23-19)11-21-10-9-14-5-7-15(13-24)8-6-14/h1-8,12,21,24H,9-11,13H2,(H,22,23). The molecule has 5 heteroatoms. The van der Waals surface area contributed by atoms with Gasteiger partial charge in [-0.15, -0.1) is 0 Å². The third kappa shape index (κ3) is 3.88. The molecular formula is C19H20FN3O. The Bertz CT molecular complexity index is 783. The van der Waals surface area contributed by atoms with Gasteiger partial charge in [0.25, 0.3) is 0 Å². The van der Waals surface area contributed by atoms with Crippen molar-refractivity contribution in [2.24, 2.45) is 0 Å². The zero-order chi connectivity index (χ0) is 16.8. The summed E-state index contributed by atoms with van der Waals surface area (Å²) in [6.45, 7) is 1.49. The summed E-state index contributed by atoms with van der Waals surface area (Å²) in [5.41, 5.74) is 4.32. The number of aromatic nitrogens is 2. The van der Waals surface area contributed by atoms with Crippen LogP contribution in [0, 0.1) is 5.82 Å². The normalized spacial score (nSPS) is 10.9. The number of nitrogens with zero attached hydrogens (tertiary/aromatic N) is 1. The van der Waals surface area contributed by atoms with E-state index in [1.54, 1.807) is 18.3 Å². The molecule has 2 aromatic carbocycles. The Morgan fingerprint density at radius 3 is 2.54 bits per heavy atom. The summed E-state index contributed by atoms with van der Waals surface area (Å²) in [4.78, 5) is 0. The topological polar surface area (TPSA) is 60.9 Å². The lowest BCUT2D eigenvalue weighted by Crippen LogP contribution is -2.16. The van der Waals surface area contributed by atoms with Gasteiger partial charge >= 0.3 is 0 Å². The number of H-pyrrole nitrogens is 1. The van der Waals surface area contributed by atoms with Crippen LogP contribution in [0.4, 0.5) is 4.39 Å². The molecule has 124 valence electrons. The van der Waals surface area contributed by atoms with E-state index in [0.29, 0.717) is 17.8 Å². The Balaban J connectivity index is 1.56. The minimum absolute atomic E-state index is 0.0673. The Hall–Kier alpha value is -2.50. The van der Waals surface area contributed by atoms with Crippen LogP contribution < -0.4 is 5.32 Å². The van der Waals surface area contributed by atoms with E-state index in [1.807, 2.05) is 30.3 Å². The van der Waals surface area contributed by atoms with E-state index in [0.717, 1.165) is 24.1 Å². The van der Waals surface area contributed by atoms with E-state index in [9.17, 15) is 4.39 Å². The van der Waals surface area contributed by atoms with E-state index in [2.05, 4.69) is 15.5 Å². The van der Waals surface area contributed by atoms with Crippen molar-refractivity contribution in [3.63, 3.8) is 0 Å². The molecule has 0 saturated carbocycles. The molecule has 0 bridgehead atoms.